The van der Waals surface area contributed by atoms with Crippen molar-refractivity contribution in [3.8, 4) is 0 Å². The smallest absolute Gasteiger partial charge is 0.141 e. The average molecular weight is 214 g/mol. The number of aromatic nitrogens is 3. The van der Waals surface area contributed by atoms with Crippen molar-refractivity contribution in [2.45, 2.75) is 13.0 Å². The summed E-state index contributed by atoms with van der Waals surface area (Å²) >= 11 is 0. The number of nitrogens with zero attached hydrogens (tertiary/aromatic N) is 3. The van der Waals surface area contributed by atoms with Crippen molar-refractivity contribution in [1.82, 2.24) is 20.3 Å². The van der Waals surface area contributed by atoms with Crippen molar-refractivity contribution in [1.29, 1.82) is 0 Å². The minimum atomic E-state index is 0.709. The van der Waals surface area contributed by atoms with E-state index in [-0.39, 0.29) is 0 Å². The van der Waals surface area contributed by atoms with Gasteiger partial charge in [0.1, 0.15) is 5.82 Å². The van der Waals surface area contributed by atoms with Gasteiger partial charge in [-0.2, -0.15) is 0 Å². The Hall–Kier alpha value is -1.81. The normalized spacial score (nSPS) is 10.2. The number of rotatable bonds is 5. The fourth-order valence-electron chi connectivity index (χ4n) is 1.40. The first-order valence-electron chi connectivity index (χ1n) is 5.30. The highest BCUT2D eigenvalue weighted by Gasteiger charge is 1.94. The summed E-state index contributed by atoms with van der Waals surface area (Å²) in [5.74, 6) is 0.827. The lowest BCUT2D eigenvalue weighted by Gasteiger charge is -2.03. The van der Waals surface area contributed by atoms with Gasteiger partial charge < -0.3 is 5.32 Å². The molecule has 0 aliphatic rings. The summed E-state index contributed by atoms with van der Waals surface area (Å²) in [7, 11) is 0. The van der Waals surface area contributed by atoms with Gasteiger partial charge in [0.2, 0.25) is 0 Å². The molecule has 0 aliphatic heterocycles. The highest BCUT2D eigenvalue weighted by molar-refractivity contribution is 5.08. The SMILES string of the molecule is c1cnc(CNCCc2cccnc2)nc1. The molecular formula is C12H14N4. The van der Waals surface area contributed by atoms with Crippen LogP contribution in [0.15, 0.2) is 43.0 Å². The van der Waals surface area contributed by atoms with Crippen LogP contribution in [0.3, 0.4) is 0 Å². The monoisotopic (exact) mass is 214 g/mol. The number of hydrogen-bond acceptors (Lipinski definition) is 4. The number of nitrogens with one attached hydrogen (secondary N) is 1. The van der Waals surface area contributed by atoms with Gasteiger partial charge in [0, 0.05) is 24.8 Å². The number of hydrogen-bond donors (Lipinski definition) is 1. The molecule has 0 radical (unpaired) electrons. The van der Waals surface area contributed by atoms with E-state index in [4.69, 9.17) is 0 Å². The number of pyridine rings is 1. The second-order valence-corrected chi connectivity index (χ2v) is 3.45. The fourth-order valence-corrected chi connectivity index (χ4v) is 1.40. The molecule has 0 aliphatic carbocycles. The van der Waals surface area contributed by atoms with Gasteiger partial charge in [0.25, 0.3) is 0 Å². The molecular weight excluding hydrogens is 200 g/mol. The summed E-state index contributed by atoms with van der Waals surface area (Å²) in [6.45, 7) is 1.62. The van der Waals surface area contributed by atoms with Crippen LogP contribution in [0, 0.1) is 0 Å². The fraction of sp³-hybridized carbons (Fsp3) is 0.250. The molecule has 2 heterocycles. The molecule has 0 saturated carbocycles. The first kappa shape index (κ1) is 10.7. The second-order valence-electron chi connectivity index (χ2n) is 3.45. The van der Waals surface area contributed by atoms with E-state index in [0.29, 0.717) is 6.54 Å². The first-order valence-corrected chi connectivity index (χ1v) is 5.30. The maximum atomic E-state index is 4.14. The molecule has 0 amide bonds. The van der Waals surface area contributed by atoms with Gasteiger partial charge in [-0.1, -0.05) is 6.07 Å². The van der Waals surface area contributed by atoms with Crippen molar-refractivity contribution in [2.75, 3.05) is 6.54 Å². The second kappa shape index (κ2) is 5.92. The topological polar surface area (TPSA) is 50.7 Å². The summed E-state index contributed by atoms with van der Waals surface area (Å²) in [6, 6.07) is 5.85. The van der Waals surface area contributed by atoms with Gasteiger partial charge in [-0.3, -0.25) is 4.98 Å². The summed E-state index contributed by atoms with van der Waals surface area (Å²) in [5.41, 5.74) is 1.24. The van der Waals surface area contributed by atoms with Crippen molar-refractivity contribution >= 4 is 0 Å². The van der Waals surface area contributed by atoms with Gasteiger partial charge in [0.05, 0.1) is 6.54 Å². The molecule has 82 valence electrons. The molecule has 16 heavy (non-hydrogen) atoms. The minimum Gasteiger partial charge on any atom is -0.310 e. The maximum Gasteiger partial charge on any atom is 0.141 e. The van der Waals surface area contributed by atoms with Crippen LogP contribution in [0.1, 0.15) is 11.4 Å². The lowest BCUT2D eigenvalue weighted by Crippen LogP contribution is -2.18. The van der Waals surface area contributed by atoms with Gasteiger partial charge in [0.15, 0.2) is 0 Å². The van der Waals surface area contributed by atoms with E-state index in [2.05, 4.69) is 26.3 Å². The van der Waals surface area contributed by atoms with E-state index >= 15 is 0 Å². The standard InChI is InChI=1S/C12H14N4/c1-3-11(9-13-5-1)4-8-14-10-12-15-6-2-7-16-12/h1-3,5-7,9,14H,4,8,10H2. The molecule has 4 nitrogen and oxygen atoms in total. The predicted molar refractivity (Wildman–Crippen MR) is 61.7 cm³/mol. The van der Waals surface area contributed by atoms with E-state index in [1.54, 1.807) is 18.6 Å². The molecule has 4 heteroatoms. The third-order valence-corrected chi connectivity index (χ3v) is 2.22. The Morgan fingerprint density at radius 1 is 1.06 bits per heavy atom. The molecule has 0 fully saturated rings. The third kappa shape index (κ3) is 3.40. The molecule has 0 spiro atoms. The van der Waals surface area contributed by atoms with Crippen molar-refractivity contribution in [3.63, 3.8) is 0 Å². The minimum absolute atomic E-state index is 0.709. The highest BCUT2D eigenvalue weighted by Crippen LogP contribution is 1.95. The Bertz CT molecular complexity index is 360. The van der Waals surface area contributed by atoms with E-state index in [1.165, 1.54) is 5.56 Å². The van der Waals surface area contributed by atoms with Crippen molar-refractivity contribution in [3.05, 3.63) is 54.4 Å². The summed E-state index contributed by atoms with van der Waals surface area (Å²) in [4.78, 5) is 12.3. The average Bonchev–Trinajstić information content (AvgIpc) is 2.37. The molecule has 1 N–H and O–H groups in total. The molecule has 0 unspecified atom stereocenters. The van der Waals surface area contributed by atoms with Crippen LogP contribution in [0.2, 0.25) is 0 Å². The lowest BCUT2D eigenvalue weighted by molar-refractivity contribution is 0.658. The molecule has 0 atom stereocenters. The summed E-state index contributed by atoms with van der Waals surface area (Å²) < 4.78 is 0. The largest absolute Gasteiger partial charge is 0.310 e. The Morgan fingerprint density at radius 3 is 2.69 bits per heavy atom. The van der Waals surface area contributed by atoms with Gasteiger partial charge in [-0.05, 0) is 30.7 Å². The molecule has 2 aromatic heterocycles. The van der Waals surface area contributed by atoms with Crippen LogP contribution in [-0.4, -0.2) is 21.5 Å². The quantitative estimate of drug-likeness (QED) is 0.760. The molecule has 0 saturated heterocycles. The molecule has 0 aromatic carbocycles. The van der Waals surface area contributed by atoms with E-state index in [9.17, 15) is 0 Å². The molecule has 2 rings (SSSR count). The van der Waals surface area contributed by atoms with Crippen LogP contribution >= 0.6 is 0 Å². The van der Waals surface area contributed by atoms with Crippen LogP contribution in [0.4, 0.5) is 0 Å². The lowest BCUT2D eigenvalue weighted by atomic mass is 10.2. The summed E-state index contributed by atoms with van der Waals surface area (Å²) in [5, 5.41) is 3.30. The van der Waals surface area contributed by atoms with Gasteiger partial charge >= 0.3 is 0 Å². The Balaban J connectivity index is 1.70. The van der Waals surface area contributed by atoms with Crippen molar-refractivity contribution in [2.24, 2.45) is 0 Å². The van der Waals surface area contributed by atoms with Gasteiger partial charge in [-0.25, -0.2) is 9.97 Å². The van der Waals surface area contributed by atoms with E-state index in [0.717, 1.165) is 18.8 Å². The zero-order chi connectivity index (χ0) is 11.1. The Morgan fingerprint density at radius 2 is 1.94 bits per heavy atom. The van der Waals surface area contributed by atoms with Crippen LogP contribution in [-0.2, 0) is 13.0 Å². The molecule has 2 aromatic rings. The van der Waals surface area contributed by atoms with Crippen LogP contribution < -0.4 is 5.32 Å². The summed E-state index contributed by atoms with van der Waals surface area (Å²) in [6.07, 6.45) is 8.16. The van der Waals surface area contributed by atoms with Crippen LogP contribution in [0.25, 0.3) is 0 Å². The maximum absolute atomic E-state index is 4.14. The Labute approximate surface area is 94.8 Å². The third-order valence-electron chi connectivity index (χ3n) is 2.22. The van der Waals surface area contributed by atoms with Crippen LogP contribution in [0.5, 0.6) is 0 Å². The van der Waals surface area contributed by atoms with Gasteiger partial charge in [-0.15, -0.1) is 0 Å². The zero-order valence-corrected chi connectivity index (χ0v) is 9.00. The highest BCUT2D eigenvalue weighted by atomic mass is 14.9. The van der Waals surface area contributed by atoms with E-state index in [1.807, 2.05) is 18.3 Å². The zero-order valence-electron chi connectivity index (χ0n) is 9.00. The predicted octanol–water partition coefficient (Wildman–Crippen LogP) is 1.20. The van der Waals surface area contributed by atoms with E-state index < -0.39 is 0 Å². The Kier molecular flexibility index (Phi) is 3.96. The van der Waals surface area contributed by atoms with Crippen molar-refractivity contribution < 1.29 is 0 Å². The first-order chi connectivity index (χ1) is 7.95. The molecule has 0 bridgehead atoms.